The molecular weight excluding hydrogens is 362 g/mol. The molecule has 0 radical (unpaired) electrons. The normalized spacial score (nSPS) is 15.4. The maximum Gasteiger partial charge on any atom is 0.131 e. The van der Waals surface area contributed by atoms with E-state index in [1.807, 2.05) is 0 Å². The first-order valence-electron chi connectivity index (χ1n) is 9.05. The molecule has 3 aromatic carbocycles. The van der Waals surface area contributed by atoms with Gasteiger partial charge in [0.25, 0.3) is 0 Å². The van der Waals surface area contributed by atoms with E-state index in [1.54, 1.807) is 36.4 Å². The van der Waals surface area contributed by atoms with E-state index in [0.29, 0.717) is 46.6 Å². The van der Waals surface area contributed by atoms with Gasteiger partial charge in [0.1, 0.15) is 23.1 Å². The van der Waals surface area contributed by atoms with Crippen molar-refractivity contribution in [2.45, 2.75) is 18.9 Å². The molecule has 0 amide bonds. The van der Waals surface area contributed by atoms with Gasteiger partial charge >= 0.3 is 0 Å². The Morgan fingerprint density at radius 1 is 0.821 bits per heavy atom. The Morgan fingerprint density at radius 3 is 2.07 bits per heavy atom. The summed E-state index contributed by atoms with van der Waals surface area (Å²) in [6.07, 6.45) is 0.534. The Morgan fingerprint density at radius 2 is 1.43 bits per heavy atom. The van der Waals surface area contributed by atoms with Crippen molar-refractivity contribution in [3.05, 3.63) is 71.3 Å². The van der Waals surface area contributed by atoms with Gasteiger partial charge in [0.15, 0.2) is 0 Å². The monoisotopic (exact) mass is 382 g/mol. The van der Waals surface area contributed by atoms with Crippen LogP contribution < -0.4 is 9.47 Å². The van der Waals surface area contributed by atoms with E-state index >= 15 is 0 Å². The van der Waals surface area contributed by atoms with Crippen molar-refractivity contribution in [2.24, 2.45) is 0 Å². The topological polar surface area (TPSA) is 38.7 Å². The van der Waals surface area contributed by atoms with Crippen LogP contribution in [-0.2, 0) is 6.42 Å². The number of methoxy groups -OCH3 is 2. The van der Waals surface area contributed by atoms with E-state index < -0.39 is 17.7 Å². The lowest BCUT2D eigenvalue weighted by Gasteiger charge is -2.18. The molecule has 0 unspecified atom stereocenters. The van der Waals surface area contributed by atoms with Crippen molar-refractivity contribution in [3.8, 4) is 33.8 Å². The standard InChI is InChI=1S/C23H20F2O3/c1-27-13-3-8-20(24)18(11-13)17-6-5-15-16(7-10-22(15)26)23(17)19-12-14(28-2)4-9-21(19)25/h3-6,8-9,11-12,22,26H,7,10H2,1-2H3/t22-/m0/s1. The molecule has 5 heteroatoms. The van der Waals surface area contributed by atoms with E-state index in [1.165, 1.54) is 26.4 Å². The average molecular weight is 382 g/mol. The second kappa shape index (κ2) is 7.24. The first kappa shape index (κ1) is 18.4. The van der Waals surface area contributed by atoms with Gasteiger partial charge in [-0.1, -0.05) is 12.1 Å². The number of aliphatic hydroxyl groups is 1. The quantitative estimate of drug-likeness (QED) is 0.666. The molecule has 0 heterocycles. The minimum absolute atomic E-state index is 0.320. The van der Waals surface area contributed by atoms with Crippen LogP contribution in [0, 0.1) is 11.6 Å². The fourth-order valence-corrected chi connectivity index (χ4v) is 3.87. The molecule has 3 aromatic rings. The van der Waals surface area contributed by atoms with Gasteiger partial charge in [0, 0.05) is 11.1 Å². The predicted molar refractivity (Wildman–Crippen MR) is 104 cm³/mol. The highest BCUT2D eigenvalue weighted by atomic mass is 19.1. The summed E-state index contributed by atoms with van der Waals surface area (Å²) in [4.78, 5) is 0. The van der Waals surface area contributed by atoms with Crippen molar-refractivity contribution in [3.63, 3.8) is 0 Å². The SMILES string of the molecule is COc1ccc(F)c(-c2ccc3c(c2-c2cc(OC)ccc2F)CC[C@@H]3O)c1. The molecule has 28 heavy (non-hydrogen) atoms. The number of ether oxygens (including phenoxy) is 2. The first-order chi connectivity index (χ1) is 13.5. The Kier molecular flexibility index (Phi) is 4.77. The third-order valence-electron chi connectivity index (χ3n) is 5.28. The van der Waals surface area contributed by atoms with Crippen molar-refractivity contribution < 1.29 is 23.4 Å². The largest absolute Gasteiger partial charge is 0.497 e. The Labute approximate surface area is 162 Å². The summed E-state index contributed by atoms with van der Waals surface area (Å²) >= 11 is 0. The molecule has 1 N–H and O–H groups in total. The van der Waals surface area contributed by atoms with Gasteiger partial charge in [-0.15, -0.1) is 0 Å². The maximum absolute atomic E-state index is 14.9. The summed E-state index contributed by atoms with van der Waals surface area (Å²) < 4.78 is 40.1. The summed E-state index contributed by atoms with van der Waals surface area (Å²) in [6, 6.07) is 12.5. The summed E-state index contributed by atoms with van der Waals surface area (Å²) in [5, 5.41) is 10.3. The van der Waals surface area contributed by atoms with Crippen LogP contribution in [0.25, 0.3) is 22.3 Å². The number of benzene rings is 3. The van der Waals surface area contributed by atoms with Gasteiger partial charge in [-0.25, -0.2) is 8.78 Å². The van der Waals surface area contributed by atoms with Crippen molar-refractivity contribution in [1.82, 2.24) is 0 Å². The molecule has 0 bridgehead atoms. The molecule has 1 atom stereocenters. The van der Waals surface area contributed by atoms with Gasteiger partial charge in [0.2, 0.25) is 0 Å². The zero-order valence-corrected chi connectivity index (χ0v) is 15.6. The van der Waals surface area contributed by atoms with Gasteiger partial charge in [-0.3, -0.25) is 0 Å². The average Bonchev–Trinajstić information content (AvgIpc) is 3.09. The Hall–Kier alpha value is -2.92. The molecule has 0 saturated carbocycles. The van der Waals surface area contributed by atoms with Gasteiger partial charge in [0.05, 0.1) is 20.3 Å². The number of rotatable bonds is 4. The summed E-state index contributed by atoms with van der Waals surface area (Å²) in [5.41, 5.74) is 3.36. The van der Waals surface area contributed by atoms with Crippen LogP contribution in [0.15, 0.2) is 48.5 Å². The zero-order chi connectivity index (χ0) is 19.8. The molecular formula is C23H20F2O3. The van der Waals surface area contributed by atoms with Crippen LogP contribution in [0.2, 0.25) is 0 Å². The summed E-state index contributed by atoms with van der Waals surface area (Å²) in [5.74, 6) is 0.155. The highest BCUT2D eigenvalue weighted by molar-refractivity contribution is 5.88. The van der Waals surface area contributed by atoms with Crippen LogP contribution >= 0.6 is 0 Å². The van der Waals surface area contributed by atoms with E-state index in [4.69, 9.17) is 9.47 Å². The zero-order valence-electron chi connectivity index (χ0n) is 15.6. The van der Waals surface area contributed by atoms with Crippen LogP contribution in [-0.4, -0.2) is 19.3 Å². The van der Waals surface area contributed by atoms with Crippen LogP contribution in [0.5, 0.6) is 11.5 Å². The van der Waals surface area contributed by atoms with E-state index in [0.717, 1.165) is 11.1 Å². The number of halogens is 2. The lowest BCUT2D eigenvalue weighted by atomic mass is 9.88. The fraction of sp³-hybridized carbons (Fsp3) is 0.217. The van der Waals surface area contributed by atoms with E-state index in [-0.39, 0.29) is 0 Å². The summed E-state index contributed by atoms with van der Waals surface area (Å²) in [6.45, 7) is 0. The molecule has 0 saturated heterocycles. The number of fused-ring (bicyclic) bond motifs is 1. The minimum atomic E-state index is -0.605. The molecule has 4 rings (SSSR count). The van der Waals surface area contributed by atoms with E-state index in [9.17, 15) is 13.9 Å². The highest BCUT2D eigenvalue weighted by Crippen LogP contribution is 2.45. The van der Waals surface area contributed by atoms with Gasteiger partial charge in [-0.2, -0.15) is 0 Å². The predicted octanol–water partition coefficient (Wildman–Crippen LogP) is 5.30. The van der Waals surface area contributed by atoms with Crippen molar-refractivity contribution in [2.75, 3.05) is 14.2 Å². The van der Waals surface area contributed by atoms with Crippen molar-refractivity contribution in [1.29, 1.82) is 0 Å². The molecule has 0 aromatic heterocycles. The van der Waals surface area contributed by atoms with Crippen molar-refractivity contribution >= 4 is 0 Å². The van der Waals surface area contributed by atoms with Crippen LogP contribution in [0.3, 0.4) is 0 Å². The second-order valence-electron chi connectivity index (χ2n) is 6.80. The van der Waals surface area contributed by atoms with Crippen LogP contribution in [0.4, 0.5) is 8.78 Å². The molecule has 1 aliphatic carbocycles. The second-order valence-corrected chi connectivity index (χ2v) is 6.80. The van der Waals surface area contributed by atoms with E-state index in [2.05, 4.69) is 0 Å². The molecule has 0 spiro atoms. The molecule has 144 valence electrons. The summed E-state index contributed by atoms with van der Waals surface area (Å²) in [7, 11) is 3.03. The lowest BCUT2D eigenvalue weighted by Crippen LogP contribution is -1.99. The smallest absolute Gasteiger partial charge is 0.131 e. The lowest BCUT2D eigenvalue weighted by molar-refractivity contribution is 0.180. The first-order valence-corrected chi connectivity index (χ1v) is 9.05. The molecule has 0 fully saturated rings. The highest BCUT2D eigenvalue weighted by Gasteiger charge is 2.28. The van der Waals surface area contributed by atoms with Crippen LogP contribution in [0.1, 0.15) is 23.7 Å². The Bertz CT molecular complexity index is 1050. The molecule has 1 aliphatic rings. The minimum Gasteiger partial charge on any atom is -0.497 e. The van der Waals surface area contributed by atoms with Gasteiger partial charge < -0.3 is 14.6 Å². The maximum atomic E-state index is 14.9. The third kappa shape index (κ3) is 3.02. The number of hydrogen-bond acceptors (Lipinski definition) is 3. The third-order valence-corrected chi connectivity index (χ3v) is 5.28. The molecule has 3 nitrogen and oxygen atoms in total. The number of hydrogen-bond donors (Lipinski definition) is 1. The fourth-order valence-electron chi connectivity index (χ4n) is 3.87. The van der Waals surface area contributed by atoms with Gasteiger partial charge in [-0.05, 0) is 71.5 Å². The number of aliphatic hydroxyl groups excluding tert-OH is 1. The molecule has 0 aliphatic heterocycles. The Balaban J connectivity index is 2.05.